The molecule has 3 N–H and O–H groups in total. The first kappa shape index (κ1) is 23.6. The molecule has 4 rings (SSSR count). The summed E-state index contributed by atoms with van der Waals surface area (Å²) in [6.45, 7) is 0.311. The van der Waals surface area contributed by atoms with Gasteiger partial charge in [0, 0.05) is 31.2 Å². The molecule has 2 heterocycles. The predicted molar refractivity (Wildman–Crippen MR) is 118 cm³/mol. The molecule has 3 aromatic rings. The molecule has 4 nitrogen and oxygen atoms in total. The van der Waals surface area contributed by atoms with E-state index in [4.69, 9.17) is 17.3 Å². The average Bonchev–Trinajstić information content (AvgIpc) is 2.77. The largest absolute Gasteiger partial charge is 0.424 e. The number of aliphatic hydroxyl groups is 1. The Bertz CT molecular complexity index is 1140. The Morgan fingerprint density at radius 1 is 1.09 bits per heavy atom. The van der Waals surface area contributed by atoms with E-state index in [-0.39, 0.29) is 16.8 Å². The Morgan fingerprint density at radius 3 is 2.39 bits per heavy atom. The number of nitrogens with two attached hydrogens (primary N) is 1. The zero-order valence-electron chi connectivity index (χ0n) is 17.5. The number of pyridine rings is 1. The molecule has 1 fully saturated rings. The molecule has 1 aromatic heterocycles. The van der Waals surface area contributed by atoms with Crippen molar-refractivity contribution in [3.05, 3.63) is 88.3 Å². The van der Waals surface area contributed by atoms with Gasteiger partial charge in [0.1, 0.15) is 5.82 Å². The van der Waals surface area contributed by atoms with Crippen molar-refractivity contribution in [3.63, 3.8) is 0 Å². The van der Waals surface area contributed by atoms with Crippen molar-refractivity contribution in [2.75, 3.05) is 13.1 Å². The van der Waals surface area contributed by atoms with Crippen molar-refractivity contribution in [3.8, 4) is 11.3 Å². The molecule has 33 heavy (non-hydrogen) atoms. The van der Waals surface area contributed by atoms with Crippen molar-refractivity contribution >= 4 is 11.6 Å². The second kappa shape index (κ2) is 9.02. The number of nitrogens with zero attached hydrogens (tertiary/aromatic N) is 2. The smallest absolute Gasteiger partial charge is 0.374 e. The van der Waals surface area contributed by atoms with E-state index in [1.807, 2.05) is 30.3 Å². The van der Waals surface area contributed by atoms with Crippen LogP contribution in [0.4, 0.5) is 17.6 Å². The third-order valence-electron chi connectivity index (χ3n) is 5.99. The fraction of sp³-hybridized carbons (Fsp3) is 0.292. The number of likely N-dealkylation sites (tertiary alicyclic amines) is 1. The summed E-state index contributed by atoms with van der Waals surface area (Å²) in [6, 6.07) is 16.3. The number of hydrogen-bond acceptors (Lipinski definition) is 4. The molecule has 0 radical (unpaired) electrons. The number of benzene rings is 2. The van der Waals surface area contributed by atoms with E-state index < -0.39 is 29.8 Å². The highest BCUT2D eigenvalue weighted by Gasteiger charge is 2.55. The van der Waals surface area contributed by atoms with Crippen LogP contribution < -0.4 is 5.73 Å². The molecule has 2 atom stereocenters. The molecule has 0 amide bonds. The second-order valence-electron chi connectivity index (χ2n) is 8.12. The first-order valence-electron chi connectivity index (χ1n) is 10.4. The summed E-state index contributed by atoms with van der Waals surface area (Å²) in [5.41, 5.74) is 3.57. The molecule has 0 spiro atoms. The van der Waals surface area contributed by atoms with Gasteiger partial charge in [-0.1, -0.05) is 41.9 Å². The minimum absolute atomic E-state index is 0.145. The summed E-state index contributed by atoms with van der Waals surface area (Å²) in [5.74, 6) is -0.654. The van der Waals surface area contributed by atoms with Gasteiger partial charge in [-0.25, -0.2) is 9.37 Å². The molecule has 1 aliphatic heterocycles. The van der Waals surface area contributed by atoms with E-state index in [0.717, 1.165) is 24.6 Å². The van der Waals surface area contributed by atoms with Gasteiger partial charge in [0.15, 0.2) is 0 Å². The first-order valence-corrected chi connectivity index (χ1v) is 10.8. The van der Waals surface area contributed by atoms with Gasteiger partial charge >= 0.3 is 6.18 Å². The van der Waals surface area contributed by atoms with Gasteiger partial charge in [0.2, 0.25) is 5.60 Å². The van der Waals surface area contributed by atoms with Crippen LogP contribution in [0.25, 0.3) is 11.3 Å². The second-order valence-corrected chi connectivity index (χ2v) is 8.53. The highest BCUT2D eigenvalue weighted by Crippen LogP contribution is 2.42. The molecule has 174 valence electrons. The number of alkyl halides is 3. The third-order valence-corrected chi connectivity index (χ3v) is 6.28. The monoisotopic (exact) mass is 479 g/mol. The van der Waals surface area contributed by atoms with E-state index in [9.17, 15) is 22.7 Å². The van der Waals surface area contributed by atoms with Crippen molar-refractivity contribution < 1.29 is 22.7 Å². The van der Waals surface area contributed by atoms with Crippen molar-refractivity contribution in [2.45, 2.75) is 30.8 Å². The van der Waals surface area contributed by atoms with Crippen molar-refractivity contribution in [2.24, 2.45) is 5.73 Å². The van der Waals surface area contributed by atoms with E-state index in [2.05, 4.69) is 9.88 Å². The molecule has 0 aliphatic carbocycles. The topological polar surface area (TPSA) is 62.4 Å². The standard InChI is InChI=1S/C24H22ClF4N3O/c25-18-10-16(6-7-19(18)26)20-11-17(12-22(31-20)23(33,14-30)24(27,28)29)21-8-9-32(21)13-15-4-2-1-3-5-15/h1-7,10-12,21,33H,8-9,13-14,30H2. The number of aromatic nitrogens is 1. The van der Waals surface area contributed by atoms with E-state index in [0.29, 0.717) is 17.7 Å². The summed E-state index contributed by atoms with van der Waals surface area (Å²) >= 11 is 5.89. The summed E-state index contributed by atoms with van der Waals surface area (Å²) in [4.78, 5) is 6.21. The molecule has 9 heteroatoms. The van der Waals surface area contributed by atoms with Crippen molar-refractivity contribution in [1.29, 1.82) is 0 Å². The molecule has 0 saturated carbocycles. The summed E-state index contributed by atoms with van der Waals surface area (Å²) in [5, 5.41) is 10.3. The van der Waals surface area contributed by atoms with Crippen LogP contribution >= 0.6 is 11.6 Å². The average molecular weight is 480 g/mol. The van der Waals surface area contributed by atoms with E-state index >= 15 is 0 Å². The zero-order valence-corrected chi connectivity index (χ0v) is 18.2. The number of halogens is 5. The lowest BCUT2D eigenvalue weighted by molar-refractivity contribution is -0.263. The molecule has 1 aliphatic rings. The Kier molecular flexibility index (Phi) is 6.46. The van der Waals surface area contributed by atoms with Gasteiger partial charge in [-0.15, -0.1) is 0 Å². The lowest BCUT2D eigenvalue weighted by atomic mass is 9.89. The Hall–Kier alpha value is -2.52. The van der Waals surface area contributed by atoms with Gasteiger partial charge in [-0.2, -0.15) is 13.2 Å². The minimum atomic E-state index is -5.03. The van der Waals surface area contributed by atoms with Crippen LogP contribution in [0.2, 0.25) is 5.02 Å². The maximum Gasteiger partial charge on any atom is 0.424 e. The molecular weight excluding hydrogens is 458 g/mol. The van der Waals surface area contributed by atoms with Gasteiger partial charge in [0.05, 0.1) is 16.4 Å². The molecule has 2 unspecified atom stereocenters. The maximum absolute atomic E-state index is 13.8. The molecule has 1 saturated heterocycles. The number of hydrogen-bond donors (Lipinski definition) is 2. The van der Waals surface area contributed by atoms with Crippen LogP contribution in [-0.4, -0.2) is 34.3 Å². The van der Waals surface area contributed by atoms with Gasteiger partial charge in [0.25, 0.3) is 0 Å². The fourth-order valence-corrected chi connectivity index (χ4v) is 4.13. The fourth-order valence-electron chi connectivity index (χ4n) is 3.95. The number of rotatable bonds is 6. The lowest BCUT2D eigenvalue weighted by Crippen LogP contribution is -2.49. The highest BCUT2D eigenvalue weighted by molar-refractivity contribution is 6.31. The maximum atomic E-state index is 13.8. The summed E-state index contributed by atoms with van der Waals surface area (Å²) in [7, 11) is 0. The van der Waals surface area contributed by atoms with Crippen LogP contribution in [-0.2, 0) is 12.1 Å². The van der Waals surface area contributed by atoms with E-state index in [1.165, 1.54) is 18.2 Å². The summed E-state index contributed by atoms with van der Waals surface area (Å²) in [6.07, 6.45) is -4.30. The quantitative estimate of drug-likeness (QED) is 0.477. The lowest BCUT2D eigenvalue weighted by Gasteiger charge is -2.42. The Balaban J connectivity index is 1.78. The predicted octanol–water partition coefficient (Wildman–Crippen LogP) is 5.20. The zero-order chi connectivity index (χ0) is 23.8. The SMILES string of the molecule is NCC(O)(c1cc(C2CCN2Cc2ccccc2)cc(-c2ccc(F)c(Cl)c2)n1)C(F)(F)F. The van der Waals surface area contributed by atoms with Crippen LogP contribution in [0, 0.1) is 5.82 Å². The van der Waals surface area contributed by atoms with Crippen LogP contribution in [0.5, 0.6) is 0 Å². The Morgan fingerprint density at radius 2 is 1.82 bits per heavy atom. The first-order chi connectivity index (χ1) is 15.6. The van der Waals surface area contributed by atoms with Gasteiger partial charge < -0.3 is 10.8 Å². The van der Waals surface area contributed by atoms with E-state index in [1.54, 1.807) is 6.07 Å². The van der Waals surface area contributed by atoms with Gasteiger partial charge in [-0.3, -0.25) is 4.90 Å². The highest BCUT2D eigenvalue weighted by atomic mass is 35.5. The third kappa shape index (κ3) is 4.61. The molecular formula is C24H22ClF4N3O. The van der Waals surface area contributed by atoms with Crippen LogP contribution in [0.1, 0.15) is 29.3 Å². The minimum Gasteiger partial charge on any atom is -0.374 e. The summed E-state index contributed by atoms with van der Waals surface area (Å²) < 4.78 is 55.0. The van der Waals surface area contributed by atoms with Gasteiger partial charge in [-0.05, 0) is 47.9 Å². The van der Waals surface area contributed by atoms with Crippen LogP contribution in [0.3, 0.4) is 0 Å². The van der Waals surface area contributed by atoms with Crippen molar-refractivity contribution in [1.82, 2.24) is 9.88 Å². The van der Waals surface area contributed by atoms with Crippen LogP contribution in [0.15, 0.2) is 60.7 Å². The molecule has 2 aromatic carbocycles. The molecule has 0 bridgehead atoms. The Labute approximate surface area is 193 Å². The normalized spacial score (nSPS) is 18.6.